The second kappa shape index (κ2) is 4.70. The molecule has 1 aromatic carbocycles. The fourth-order valence-electron chi connectivity index (χ4n) is 1.93. The molecule has 0 saturated carbocycles. The molecular weight excluding hydrogens is 212 g/mol. The van der Waals surface area contributed by atoms with Gasteiger partial charge in [-0.3, -0.25) is 4.79 Å². The Bertz CT molecular complexity index is 400. The fourth-order valence-corrected chi connectivity index (χ4v) is 1.93. The van der Waals surface area contributed by atoms with Gasteiger partial charge in [-0.1, -0.05) is 6.07 Å². The lowest BCUT2D eigenvalue weighted by Crippen LogP contribution is -2.31. The Morgan fingerprint density at radius 2 is 2.19 bits per heavy atom. The predicted molar refractivity (Wildman–Crippen MR) is 56.1 cm³/mol. The summed E-state index contributed by atoms with van der Waals surface area (Å²) in [5, 5.41) is 3.09. The first-order valence-electron chi connectivity index (χ1n) is 5.37. The SMILES string of the molecule is O=C(Cc1ccc(F)c(F)c1)C1CCCN1. The Kier molecular flexibility index (Phi) is 3.29. The monoisotopic (exact) mass is 225 g/mol. The molecule has 1 N–H and O–H groups in total. The van der Waals surface area contributed by atoms with E-state index in [1.807, 2.05) is 0 Å². The minimum atomic E-state index is -0.898. The van der Waals surface area contributed by atoms with Crippen molar-refractivity contribution in [1.82, 2.24) is 5.32 Å². The fraction of sp³-hybridized carbons (Fsp3) is 0.417. The van der Waals surface area contributed by atoms with Crippen molar-refractivity contribution in [1.29, 1.82) is 0 Å². The Labute approximate surface area is 92.7 Å². The number of halogens is 2. The number of benzene rings is 1. The molecule has 1 heterocycles. The lowest BCUT2D eigenvalue weighted by molar-refractivity contribution is -0.120. The molecule has 86 valence electrons. The Morgan fingerprint density at radius 3 is 2.81 bits per heavy atom. The van der Waals surface area contributed by atoms with Crippen LogP contribution in [-0.4, -0.2) is 18.4 Å². The van der Waals surface area contributed by atoms with Gasteiger partial charge in [0, 0.05) is 6.42 Å². The van der Waals surface area contributed by atoms with Crippen LogP contribution in [0.15, 0.2) is 18.2 Å². The lowest BCUT2D eigenvalue weighted by Gasteiger charge is -2.08. The van der Waals surface area contributed by atoms with Crippen molar-refractivity contribution in [2.75, 3.05) is 6.54 Å². The highest BCUT2D eigenvalue weighted by molar-refractivity contribution is 5.86. The number of hydrogen-bond acceptors (Lipinski definition) is 2. The molecule has 1 saturated heterocycles. The smallest absolute Gasteiger partial charge is 0.159 e. The van der Waals surface area contributed by atoms with Gasteiger partial charge in [-0.25, -0.2) is 8.78 Å². The van der Waals surface area contributed by atoms with Crippen molar-refractivity contribution in [2.45, 2.75) is 25.3 Å². The van der Waals surface area contributed by atoms with E-state index in [-0.39, 0.29) is 18.2 Å². The van der Waals surface area contributed by atoms with Gasteiger partial charge in [0.15, 0.2) is 17.4 Å². The van der Waals surface area contributed by atoms with Gasteiger partial charge < -0.3 is 5.32 Å². The first kappa shape index (κ1) is 11.2. The van der Waals surface area contributed by atoms with Crippen LogP contribution in [0.4, 0.5) is 8.78 Å². The topological polar surface area (TPSA) is 29.1 Å². The third kappa shape index (κ3) is 2.44. The molecule has 0 amide bonds. The zero-order valence-corrected chi connectivity index (χ0v) is 8.80. The second-order valence-corrected chi connectivity index (χ2v) is 4.04. The Morgan fingerprint density at radius 1 is 1.38 bits per heavy atom. The molecule has 2 rings (SSSR count). The molecule has 1 aromatic rings. The molecule has 0 spiro atoms. The number of carbonyl (C=O) groups excluding carboxylic acids is 1. The van der Waals surface area contributed by atoms with E-state index in [0.29, 0.717) is 5.56 Å². The van der Waals surface area contributed by atoms with E-state index >= 15 is 0 Å². The molecule has 1 atom stereocenters. The quantitative estimate of drug-likeness (QED) is 0.850. The summed E-state index contributed by atoms with van der Waals surface area (Å²) in [4.78, 5) is 11.7. The van der Waals surface area contributed by atoms with Gasteiger partial charge in [0.05, 0.1) is 6.04 Å². The minimum Gasteiger partial charge on any atom is -0.307 e. The zero-order valence-electron chi connectivity index (χ0n) is 8.80. The number of carbonyl (C=O) groups is 1. The van der Waals surface area contributed by atoms with E-state index in [1.165, 1.54) is 6.07 Å². The predicted octanol–water partition coefficient (Wildman–Crippen LogP) is 1.83. The number of ketones is 1. The van der Waals surface area contributed by atoms with Gasteiger partial charge in [-0.2, -0.15) is 0 Å². The number of rotatable bonds is 3. The van der Waals surface area contributed by atoms with E-state index in [0.717, 1.165) is 31.5 Å². The molecule has 4 heteroatoms. The maximum atomic E-state index is 12.9. The average molecular weight is 225 g/mol. The van der Waals surface area contributed by atoms with Crippen molar-refractivity contribution in [3.05, 3.63) is 35.4 Å². The normalized spacial score (nSPS) is 20.0. The maximum absolute atomic E-state index is 12.9. The summed E-state index contributed by atoms with van der Waals surface area (Å²) in [6.45, 7) is 0.855. The largest absolute Gasteiger partial charge is 0.307 e. The van der Waals surface area contributed by atoms with Crippen LogP contribution in [0.2, 0.25) is 0 Å². The van der Waals surface area contributed by atoms with Gasteiger partial charge in [-0.05, 0) is 37.1 Å². The van der Waals surface area contributed by atoms with E-state index in [1.54, 1.807) is 0 Å². The molecule has 0 radical (unpaired) electrons. The highest BCUT2D eigenvalue weighted by Crippen LogP contribution is 2.13. The van der Waals surface area contributed by atoms with Gasteiger partial charge in [0.2, 0.25) is 0 Å². The van der Waals surface area contributed by atoms with Crippen LogP contribution in [0.5, 0.6) is 0 Å². The summed E-state index contributed by atoms with van der Waals surface area (Å²) in [5.41, 5.74) is 0.526. The lowest BCUT2D eigenvalue weighted by atomic mass is 10.0. The summed E-state index contributed by atoms with van der Waals surface area (Å²) >= 11 is 0. The summed E-state index contributed by atoms with van der Waals surface area (Å²) < 4.78 is 25.6. The van der Waals surface area contributed by atoms with Gasteiger partial charge in [-0.15, -0.1) is 0 Å². The molecule has 1 aliphatic rings. The third-order valence-corrected chi connectivity index (χ3v) is 2.81. The average Bonchev–Trinajstić information content (AvgIpc) is 2.77. The minimum absolute atomic E-state index is 0.0449. The first-order chi connectivity index (χ1) is 7.66. The van der Waals surface area contributed by atoms with Crippen LogP contribution in [0.3, 0.4) is 0 Å². The van der Waals surface area contributed by atoms with Crippen LogP contribution in [0.1, 0.15) is 18.4 Å². The number of nitrogens with one attached hydrogen (secondary N) is 1. The summed E-state index contributed by atoms with van der Waals surface area (Å²) in [6, 6.07) is 3.47. The molecule has 16 heavy (non-hydrogen) atoms. The van der Waals surface area contributed by atoms with Crippen molar-refractivity contribution in [3.8, 4) is 0 Å². The standard InChI is InChI=1S/C12H13F2NO/c13-9-4-3-8(6-10(9)14)7-12(16)11-2-1-5-15-11/h3-4,6,11,15H,1-2,5,7H2. The molecule has 1 unspecified atom stereocenters. The summed E-state index contributed by atoms with van der Waals surface area (Å²) in [5.74, 6) is -1.73. The molecule has 1 fully saturated rings. The van der Waals surface area contributed by atoms with Crippen molar-refractivity contribution in [2.24, 2.45) is 0 Å². The van der Waals surface area contributed by atoms with Gasteiger partial charge in [0.25, 0.3) is 0 Å². The van der Waals surface area contributed by atoms with Crippen LogP contribution in [-0.2, 0) is 11.2 Å². The van der Waals surface area contributed by atoms with Crippen LogP contribution < -0.4 is 5.32 Å². The van der Waals surface area contributed by atoms with Crippen LogP contribution in [0.25, 0.3) is 0 Å². The highest BCUT2D eigenvalue weighted by atomic mass is 19.2. The van der Waals surface area contributed by atoms with E-state index < -0.39 is 11.6 Å². The molecule has 0 aromatic heterocycles. The van der Waals surface area contributed by atoms with Crippen molar-refractivity contribution < 1.29 is 13.6 Å². The summed E-state index contributed by atoms with van der Waals surface area (Å²) in [7, 11) is 0. The number of hydrogen-bond donors (Lipinski definition) is 1. The Balaban J connectivity index is 2.02. The maximum Gasteiger partial charge on any atom is 0.159 e. The Hall–Kier alpha value is -1.29. The van der Waals surface area contributed by atoms with Gasteiger partial charge >= 0.3 is 0 Å². The van der Waals surface area contributed by atoms with Crippen LogP contribution >= 0.6 is 0 Å². The van der Waals surface area contributed by atoms with E-state index in [2.05, 4.69) is 5.32 Å². The highest BCUT2D eigenvalue weighted by Gasteiger charge is 2.21. The van der Waals surface area contributed by atoms with E-state index in [4.69, 9.17) is 0 Å². The molecule has 1 aliphatic heterocycles. The molecule has 0 bridgehead atoms. The van der Waals surface area contributed by atoms with Gasteiger partial charge in [0.1, 0.15) is 0 Å². The summed E-state index contributed by atoms with van der Waals surface area (Å²) in [6.07, 6.45) is 1.99. The van der Waals surface area contributed by atoms with Crippen molar-refractivity contribution >= 4 is 5.78 Å². The molecule has 0 aliphatic carbocycles. The third-order valence-electron chi connectivity index (χ3n) is 2.81. The molecule has 2 nitrogen and oxygen atoms in total. The van der Waals surface area contributed by atoms with E-state index in [9.17, 15) is 13.6 Å². The van der Waals surface area contributed by atoms with Crippen LogP contribution in [0, 0.1) is 11.6 Å². The second-order valence-electron chi connectivity index (χ2n) is 4.04. The first-order valence-corrected chi connectivity index (χ1v) is 5.37. The molecular formula is C12H13F2NO. The zero-order chi connectivity index (χ0) is 11.5. The number of Topliss-reactive ketones (excluding diaryl/α,β-unsaturated/α-hetero) is 1. The van der Waals surface area contributed by atoms with Crippen molar-refractivity contribution in [3.63, 3.8) is 0 Å².